The summed E-state index contributed by atoms with van der Waals surface area (Å²) in [7, 11) is 0. The fraction of sp³-hybridized carbons (Fsp3) is 0.133. The summed E-state index contributed by atoms with van der Waals surface area (Å²) in [5.74, 6) is -0.0485. The first-order valence-corrected chi connectivity index (χ1v) is 7.42. The van der Waals surface area contributed by atoms with Gasteiger partial charge in [-0.05, 0) is 34.9 Å². The molecule has 6 heteroatoms. The number of anilines is 1. The third-order valence-electron chi connectivity index (χ3n) is 3.50. The van der Waals surface area contributed by atoms with Gasteiger partial charge in [-0.15, -0.1) is 0 Å². The Morgan fingerprint density at radius 3 is 2.62 bits per heavy atom. The molecule has 1 aliphatic heterocycles. The Kier molecular flexibility index (Phi) is 3.84. The number of hydrogen-bond donors (Lipinski definition) is 2. The monoisotopic (exact) mass is 340 g/mol. The number of rotatable bonds is 2. The molecule has 0 bridgehead atoms. The van der Waals surface area contributed by atoms with Gasteiger partial charge in [0.25, 0.3) is 0 Å². The van der Waals surface area contributed by atoms with Crippen molar-refractivity contribution in [3.05, 3.63) is 62.1 Å². The van der Waals surface area contributed by atoms with Crippen LogP contribution in [-0.2, 0) is 11.2 Å². The van der Waals surface area contributed by atoms with Crippen LogP contribution in [0.25, 0.3) is 0 Å². The van der Waals surface area contributed by atoms with Crippen LogP contribution in [0.4, 0.5) is 5.69 Å². The van der Waals surface area contributed by atoms with Crippen molar-refractivity contribution in [2.75, 3.05) is 5.32 Å². The second kappa shape index (κ2) is 5.50. The van der Waals surface area contributed by atoms with E-state index >= 15 is 0 Å². The Morgan fingerprint density at radius 1 is 1.10 bits per heavy atom. The zero-order valence-corrected chi connectivity index (χ0v) is 13.1. The molecule has 2 aromatic carbocycles. The van der Waals surface area contributed by atoms with E-state index in [0.29, 0.717) is 27.1 Å². The van der Waals surface area contributed by atoms with Crippen LogP contribution in [0.1, 0.15) is 22.7 Å². The molecule has 1 unspecified atom stereocenters. The number of carbonyl (C=O) groups is 1. The Labute approximate surface area is 137 Å². The van der Waals surface area contributed by atoms with Gasteiger partial charge in [0.05, 0.1) is 22.5 Å². The minimum absolute atomic E-state index is 0.0485. The van der Waals surface area contributed by atoms with Crippen molar-refractivity contribution in [3.8, 4) is 0 Å². The fourth-order valence-electron chi connectivity index (χ4n) is 2.43. The normalized spacial score (nSPS) is 14.8. The lowest BCUT2D eigenvalue weighted by Crippen LogP contribution is -2.13. The Balaban J connectivity index is 2.06. The molecule has 108 valence electrons. The fourth-order valence-corrected chi connectivity index (χ4v) is 3.14. The van der Waals surface area contributed by atoms with E-state index in [4.69, 9.17) is 40.5 Å². The highest BCUT2D eigenvalue weighted by atomic mass is 35.5. The summed E-state index contributed by atoms with van der Waals surface area (Å²) >= 11 is 18.5. The highest BCUT2D eigenvalue weighted by Gasteiger charge is 2.23. The molecule has 21 heavy (non-hydrogen) atoms. The zero-order valence-electron chi connectivity index (χ0n) is 10.8. The second-order valence-corrected chi connectivity index (χ2v) is 6.07. The molecule has 0 saturated heterocycles. The maximum Gasteiger partial charge on any atom is 0.228 e. The van der Waals surface area contributed by atoms with Gasteiger partial charge in [0, 0.05) is 10.7 Å². The summed E-state index contributed by atoms with van der Waals surface area (Å²) in [5.41, 5.74) is 9.32. The molecule has 0 saturated carbocycles. The van der Waals surface area contributed by atoms with Crippen LogP contribution in [0.5, 0.6) is 0 Å². The number of halogens is 3. The third kappa shape index (κ3) is 2.62. The number of hydrogen-bond acceptors (Lipinski definition) is 2. The second-order valence-electron chi connectivity index (χ2n) is 4.88. The predicted octanol–water partition coefficient (Wildman–Crippen LogP) is 4.19. The standard InChI is InChI=1S/C15H11Cl3N2O/c16-10-3-1-2-8(14(10)18)15(19)9-4-7-5-13(21)20-12(7)6-11(9)17/h1-4,6,15H,5,19H2,(H,20,21). The van der Waals surface area contributed by atoms with Gasteiger partial charge in [0.1, 0.15) is 0 Å². The van der Waals surface area contributed by atoms with Gasteiger partial charge < -0.3 is 11.1 Å². The van der Waals surface area contributed by atoms with Crippen LogP contribution >= 0.6 is 34.8 Å². The molecule has 0 spiro atoms. The van der Waals surface area contributed by atoms with Crippen molar-refractivity contribution in [1.82, 2.24) is 0 Å². The number of benzene rings is 2. The van der Waals surface area contributed by atoms with Crippen molar-refractivity contribution in [2.45, 2.75) is 12.5 Å². The Morgan fingerprint density at radius 2 is 1.86 bits per heavy atom. The first-order valence-electron chi connectivity index (χ1n) is 6.29. The van der Waals surface area contributed by atoms with Crippen molar-refractivity contribution >= 4 is 46.4 Å². The summed E-state index contributed by atoms with van der Waals surface area (Å²) in [6.07, 6.45) is 0.329. The van der Waals surface area contributed by atoms with E-state index in [0.717, 1.165) is 16.8 Å². The van der Waals surface area contributed by atoms with E-state index < -0.39 is 6.04 Å². The zero-order chi connectivity index (χ0) is 15.1. The highest BCUT2D eigenvalue weighted by Crippen LogP contribution is 2.37. The molecule has 1 aliphatic rings. The first-order chi connectivity index (χ1) is 9.97. The van der Waals surface area contributed by atoms with Crippen LogP contribution in [-0.4, -0.2) is 5.91 Å². The molecule has 0 aliphatic carbocycles. The van der Waals surface area contributed by atoms with Gasteiger partial charge in [-0.3, -0.25) is 4.79 Å². The summed E-state index contributed by atoms with van der Waals surface area (Å²) in [5, 5.41) is 4.10. The highest BCUT2D eigenvalue weighted by molar-refractivity contribution is 6.42. The van der Waals surface area contributed by atoms with Gasteiger partial charge in [0.15, 0.2) is 0 Å². The molecule has 2 aromatic rings. The lowest BCUT2D eigenvalue weighted by molar-refractivity contribution is -0.115. The molecule has 0 aromatic heterocycles. The molecule has 3 rings (SSSR count). The lowest BCUT2D eigenvalue weighted by Gasteiger charge is -2.17. The van der Waals surface area contributed by atoms with Gasteiger partial charge in [-0.25, -0.2) is 0 Å². The molecule has 0 fully saturated rings. The largest absolute Gasteiger partial charge is 0.325 e. The molecule has 1 heterocycles. The quantitative estimate of drug-likeness (QED) is 0.860. The van der Waals surface area contributed by atoms with E-state index in [9.17, 15) is 4.79 Å². The third-order valence-corrected chi connectivity index (χ3v) is 4.66. The molecule has 3 nitrogen and oxygen atoms in total. The number of nitrogens with one attached hydrogen (secondary N) is 1. The number of fused-ring (bicyclic) bond motifs is 1. The molecular weight excluding hydrogens is 331 g/mol. The topological polar surface area (TPSA) is 55.1 Å². The van der Waals surface area contributed by atoms with Gasteiger partial charge >= 0.3 is 0 Å². The summed E-state index contributed by atoms with van der Waals surface area (Å²) in [6.45, 7) is 0. The number of carbonyl (C=O) groups excluding carboxylic acids is 1. The van der Waals surface area contributed by atoms with Gasteiger partial charge in [0.2, 0.25) is 5.91 Å². The summed E-state index contributed by atoms with van der Waals surface area (Å²) in [6, 6.07) is 8.35. The van der Waals surface area contributed by atoms with E-state index in [1.165, 1.54) is 0 Å². The minimum atomic E-state index is -0.510. The van der Waals surface area contributed by atoms with Gasteiger partial charge in [-0.1, -0.05) is 46.9 Å². The van der Waals surface area contributed by atoms with E-state index in [-0.39, 0.29) is 5.91 Å². The number of nitrogens with two attached hydrogens (primary N) is 1. The Bertz CT molecular complexity index is 746. The average molecular weight is 342 g/mol. The number of amides is 1. The van der Waals surface area contributed by atoms with Crippen LogP contribution in [0, 0.1) is 0 Å². The molecule has 1 amide bonds. The van der Waals surface area contributed by atoms with Crippen molar-refractivity contribution in [2.24, 2.45) is 5.73 Å². The van der Waals surface area contributed by atoms with E-state index in [1.54, 1.807) is 18.2 Å². The summed E-state index contributed by atoms with van der Waals surface area (Å²) in [4.78, 5) is 11.4. The minimum Gasteiger partial charge on any atom is -0.325 e. The van der Waals surface area contributed by atoms with Crippen molar-refractivity contribution < 1.29 is 4.79 Å². The van der Waals surface area contributed by atoms with Crippen molar-refractivity contribution in [3.63, 3.8) is 0 Å². The maximum absolute atomic E-state index is 11.4. The first kappa shape index (κ1) is 14.7. The van der Waals surface area contributed by atoms with E-state index in [2.05, 4.69) is 5.32 Å². The molecule has 3 N–H and O–H groups in total. The molecule has 0 radical (unpaired) electrons. The summed E-state index contributed by atoms with van der Waals surface area (Å²) < 4.78 is 0. The van der Waals surface area contributed by atoms with Crippen LogP contribution < -0.4 is 11.1 Å². The lowest BCUT2D eigenvalue weighted by atomic mass is 9.97. The van der Waals surface area contributed by atoms with Crippen LogP contribution in [0.15, 0.2) is 30.3 Å². The average Bonchev–Trinajstić information content (AvgIpc) is 2.79. The van der Waals surface area contributed by atoms with Crippen LogP contribution in [0.2, 0.25) is 15.1 Å². The molecular formula is C15H11Cl3N2O. The SMILES string of the molecule is NC(c1cc2c(cc1Cl)NC(=O)C2)c1cccc(Cl)c1Cl. The smallest absolute Gasteiger partial charge is 0.228 e. The van der Waals surface area contributed by atoms with Crippen molar-refractivity contribution in [1.29, 1.82) is 0 Å². The molecule has 1 atom stereocenters. The predicted molar refractivity (Wildman–Crippen MR) is 86.3 cm³/mol. The maximum atomic E-state index is 11.4. The van der Waals surface area contributed by atoms with Gasteiger partial charge in [-0.2, -0.15) is 0 Å². The van der Waals surface area contributed by atoms with E-state index in [1.807, 2.05) is 12.1 Å². The Hall–Kier alpha value is -1.26. The van der Waals surface area contributed by atoms with Crippen LogP contribution in [0.3, 0.4) is 0 Å².